The molecule has 0 aliphatic carbocycles. The largest absolute Gasteiger partial charge is 0.299 e. The van der Waals surface area contributed by atoms with Gasteiger partial charge in [0.2, 0.25) is 0 Å². The Balaban J connectivity index is 2.80. The molecule has 0 aromatic heterocycles. The molecular weight excluding hydrogens is 243 g/mol. The van der Waals surface area contributed by atoms with Crippen LogP contribution in [-0.2, 0) is 11.2 Å². The molecule has 0 aliphatic rings. The smallest absolute Gasteiger partial charge is 0.140 e. The predicted octanol–water partition coefficient (Wildman–Crippen LogP) is 4.54. The summed E-state index contributed by atoms with van der Waals surface area (Å²) in [6.45, 7) is 4.07. The molecule has 1 aromatic carbocycles. The van der Waals surface area contributed by atoms with Gasteiger partial charge in [-0.2, -0.15) is 0 Å². The maximum atomic E-state index is 11.9. The summed E-state index contributed by atoms with van der Waals surface area (Å²) in [6.07, 6.45) is 2.15. The zero-order valence-corrected chi connectivity index (χ0v) is 11.1. The zero-order valence-electron chi connectivity index (χ0n) is 9.59. The Kier molecular flexibility index (Phi) is 5.30. The van der Waals surface area contributed by atoms with Gasteiger partial charge >= 0.3 is 0 Å². The van der Waals surface area contributed by atoms with Crippen molar-refractivity contribution < 1.29 is 4.79 Å². The number of hydrogen-bond acceptors (Lipinski definition) is 1. The van der Waals surface area contributed by atoms with Gasteiger partial charge in [0.05, 0.1) is 0 Å². The highest BCUT2D eigenvalue weighted by molar-refractivity contribution is 6.33. The third-order valence-corrected chi connectivity index (χ3v) is 3.42. The molecule has 0 heterocycles. The molecule has 1 rings (SSSR count). The first kappa shape index (κ1) is 13.5. The summed E-state index contributed by atoms with van der Waals surface area (Å²) in [5.74, 6) is 0.379. The molecule has 1 aromatic rings. The lowest BCUT2D eigenvalue weighted by molar-refractivity contribution is -0.122. The van der Waals surface area contributed by atoms with Gasteiger partial charge in [0.1, 0.15) is 5.78 Å². The average molecular weight is 259 g/mol. The maximum absolute atomic E-state index is 11.9. The molecule has 0 spiro atoms. The van der Waals surface area contributed by atoms with Gasteiger partial charge in [0.25, 0.3) is 0 Å². The van der Waals surface area contributed by atoms with E-state index in [0.717, 1.165) is 18.4 Å². The molecule has 1 nitrogen and oxygen atoms in total. The predicted molar refractivity (Wildman–Crippen MR) is 69.2 cm³/mol. The summed E-state index contributed by atoms with van der Waals surface area (Å²) >= 11 is 11.9. The molecule has 0 saturated carbocycles. The van der Waals surface area contributed by atoms with Crippen molar-refractivity contribution in [1.82, 2.24) is 0 Å². The Bertz CT molecular complexity index is 370. The van der Waals surface area contributed by atoms with Crippen LogP contribution >= 0.6 is 23.2 Å². The lowest BCUT2D eigenvalue weighted by Crippen LogP contribution is -2.15. The molecule has 88 valence electrons. The van der Waals surface area contributed by atoms with Gasteiger partial charge in [-0.3, -0.25) is 4.79 Å². The first-order valence-corrected chi connectivity index (χ1v) is 6.30. The fourth-order valence-electron chi connectivity index (χ4n) is 1.75. The van der Waals surface area contributed by atoms with E-state index in [4.69, 9.17) is 23.2 Å². The average Bonchev–Trinajstić information content (AvgIpc) is 2.25. The number of Topliss-reactive ketones (excluding diaryl/α,β-unsaturated/α-hetero) is 1. The second-order valence-corrected chi connectivity index (χ2v) is 4.74. The minimum atomic E-state index is 0.134. The molecule has 0 N–H and O–H groups in total. The molecule has 0 radical (unpaired) electrons. The van der Waals surface area contributed by atoms with E-state index in [1.807, 2.05) is 13.8 Å². The van der Waals surface area contributed by atoms with E-state index >= 15 is 0 Å². The SMILES string of the molecule is CCC(CC)C(=O)Cc1cc(Cl)ccc1Cl. The fraction of sp³-hybridized carbons (Fsp3) is 0.462. The normalized spacial score (nSPS) is 10.8. The van der Waals surface area contributed by atoms with Crippen LogP contribution < -0.4 is 0 Å². The molecule has 0 atom stereocenters. The van der Waals surface area contributed by atoms with E-state index in [1.54, 1.807) is 18.2 Å². The van der Waals surface area contributed by atoms with Crippen LogP contribution in [0.2, 0.25) is 10.0 Å². The van der Waals surface area contributed by atoms with Gasteiger partial charge in [-0.1, -0.05) is 37.0 Å². The third-order valence-electron chi connectivity index (χ3n) is 2.81. The van der Waals surface area contributed by atoms with Gasteiger partial charge in [0, 0.05) is 22.4 Å². The molecule has 0 aliphatic heterocycles. The van der Waals surface area contributed by atoms with Crippen molar-refractivity contribution in [3.05, 3.63) is 33.8 Å². The molecule has 0 bridgehead atoms. The van der Waals surface area contributed by atoms with Crippen LogP contribution in [0.3, 0.4) is 0 Å². The van der Waals surface area contributed by atoms with Crippen molar-refractivity contribution in [2.24, 2.45) is 5.92 Å². The quantitative estimate of drug-likeness (QED) is 0.758. The Morgan fingerprint density at radius 3 is 2.44 bits per heavy atom. The maximum Gasteiger partial charge on any atom is 0.140 e. The van der Waals surface area contributed by atoms with E-state index in [9.17, 15) is 4.79 Å². The van der Waals surface area contributed by atoms with Crippen molar-refractivity contribution in [3.63, 3.8) is 0 Å². The van der Waals surface area contributed by atoms with E-state index in [-0.39, 0.29) is 11.7 Å². The zero-order chi connectivity index (χ0) is 12.1. The summed E-state index contributed by atoms with van der Waals surface area (Å²) in [6, 6.07) is 5.23. The van der Waals surface area contributed by atoms with E-state index in [2.05, 4.69) is 0 Å². The molecule has 0 unspecified atom stereocenters. The Morgan fingerprint density at radius 1 is 1.25 bits per heavy atom. The van der Waals surface area contributed by atoms with Gasteiger partial charge < -0.3 is 0 Å². The van der Waals surface area contributed by atoms with Gasteiger partial charge in [-0.05, 0) is 36.6 Å². The number of rotatable bonds is 5. The summed E-state index contributed by atoms with van der Waals surface area (Å²) in [4.78, 5) is 11.9. The number of ketones is 1. The van der Waals surface area contributed by atoms with Crippen molar-refractivity contribution >= 4 is 29.0 Å². The first-order chi connectivity index (χ1) is 7.58. The number of carbonyl (C=O) groups excluding carboxylic acids is 1. The van der Waals surface area contributed by atoms with Crippen LogP contribution in [0.4, 0.5) is 0 Å². The summed E-state index contributed by atoms with van der Waals surface area (Å²) in [5, 5.41) is 1.24. The summed E-state index contributed by atoms with van der Waals surface area (Å²) in [5.41, 5.74) is 0.825. The Morgan fingerprint density at radius 2 is 1.88 bits per heavy atom. The molecule has 0 fully saturated rings. The van der Waals surface area contributed by atoms with Crippen molar-refractivity contribution in [2.75, 3.05) is 0 Å². The number of hydrogen-bond donors (Lipinski definition) is 0. The van der Waals surface area contributed by atoms with Crippen LogP contribution in [0.25, 0.3) is 0 Å². The summed E-state index contributed by atoms with van der Waals surface area (Å²) < 4.78 is 0. The summed E-state index contributed by atoms with van der Waals surface area (Å²) in [7, 11) is 0. The number of carbonyl (C=O) groups is 1. The van der Waals surface area contributed by atoms with Crippen molar-refractivity contribution in [2.45, 2.75) is 33.1 Å². The number of benzene rings is 1. The van der Waals surface area contributed by atoms with Crippen molar-refractivity contribution in [1.29, 1.82) is 0 Å². The highest BCUT2D eigenvalue weighted by Gasteiger charge is 2.16. The second-order valence-electron chi connectivity index (χ2n) is 3.89. The van der Waals surface area contributed by atoms with Gasteiger partial charge in [-0.15, -0.1) is 0 Å². The minimum Gasteiger partial charge on any atom is -0.299 e. The highest BCUT2D eigenvalue weighted by atomic mass is 35.5. The van der Waals surface area contributed by atoms with Crippen LogP contribution in [-0.4, -0.2) is 5.78 Å². The third kappa shape index (κ3) is 3.50. The first-order valence-electron chi connectivity index (χ1n) is 5.55. The highest BCUT2D eigenvalue weighted by Crippen LogP contribution is 2.23. The minimum absolute atomic E-state index is 0.134. The molecule has 16 heavy (non-hydrogen) atoms. The van der Waals surface area contributed by atoms with Crippen LogP contribution in [0.1, 0.15) is 32.3 Å². The van der Waals surface area contributed by atoms with E-state index in [0.29, 0.717) is 16.5 Å². The van der Waals surface area contributed by atoms with Crippen LogP contribution in [0.5, 0.6) is 0 Å². The lowest BCUT2D eigenvalue weighted by Gasteiger charge is -2.11. The fourth-order valence-corrected chi connectivity index (χ4v) is 2.13. The van der Waals surface area contributed by atoms with Crippen molar-refractivity contribution in [3.8, 4) is 0 Å². The second kappa shape index (κ2) is 6.27. The molecule has 3 heteroatoms. The monoisotopic (exact) mass is 258 g/mol. The molecular formula is C13H16Cl2O. The van der Waals surface area contributed by atoms with Gasteiger partial charge in [-0.25, -0.2) is 0 Å². The van der Waals surface area contributed by atoms with Crippen LogP contribution in [0, 0.1) is 5.92 Å². The molecule has 0 saturated heterocycles. The Hall–Kier alpha value is -0.530. The van der Waals surface area contributed by atoms with E-state index < -0.39 is 0 Å². The van der Waals surface area contributed by atoms with Crippen LogP contribution in [0.15, 0.2) is 18.2 Å². The van der Waals surface area contributed by atoms with Gasteiger partial charge in [0.15, 0.2) is 0 Å². The lowest BCUT2D eigenvalue weighted by atomic mass is 9.93. The topological polar surface area (TPSA) is 17.1 Å². The molecule has 0 amide bonds. The number of halogens is 2. The van der Waals surface area contributed by atoms with E-state index in [1.165, 1.54) is 0 Å². The standard InChI is InChI=1S/C13H16Cl2O/c1-3-9(4-2)13(16)8-10-7-11(14)5-6-12(10)15/h5-7,9H,3-4,8H2,1-2H3. The Labute approximate surface area is 107 Å².